The maximum Gasteiger partial charge on any atom is 0.227 e. The van der Waals surface area contributed by atoms with Crippen LogP contribution in [0.5, 0.6) is 0 Å². The number of nitrogen functional groups attached to an aromatic ring is 1. The van der Waals surface area contributed by atoms with Gasteiger partial charge >= 0.3 is 0 Å². The van der Waals surface area contributed by atoms with Crippen molar-refractivity contribution >= 4 is 17.3 Å². The van der Waals surface area contributed by atoms with Gasteiger partial charge in [-0.05, 0) is 36.2 Å². The second-order valence-corrected chi connectivity index (χ2v) is 4.82. The first-order valence-electron chi connectivity index (χ1n) is 6.72. The Kier molecular flexibility index (Phi) is 4.57. The Hall–Kier alpha value is -2.80. The molecule has 0 saturated heterocycles. The van der Waals surface area contributed by atoms with Crippen LogP contribution < -0.4 is 10.6 Å². The van der Waals surface area contributed by atoms with Crippen molar-refractivity contribution in [3.8, 4) is 6.07 Å². The standard InChI is InChI=1S/C17H17N3O/c1-20(16-5-3-2-4-14(16)12-18)17(21)11-8-13-6-9-15(19)10-7-13/h2-7,9-10H,8,11,19H2,1H3. The van der Waals surface area contributed by atoms with Crippen molar-refractivity contribution in [1.82, 2.24) is 0 Å². The van der Waals surface area contributed by atoms with Crippen LogP contribution in [0.1, 0.15) is 17.5 Å². The number of nitriles is 1. The Labute approximate surface area is 124 Å². The van der Waals surface area contributed by atoms with Crippen LogP contribution in [-0.4, -0.2) is 13.0 Å². The number of nitrogens with two attached hydrogens (primary N) is 1. The van der Waals surface area contributed by atoms with Gasteiger partial charge in [0.2, 0.25) is 5.91 Å². The second kappa shape index (κ2) is 6.58. The lowest BCUT2D eigenvalue weighted by molar-refractivity contribution is -0.118. The Morgan fingerprint density at radius 2 is 1.86 bits per heavy atom. The number of benzene rings is 2. The molecule has 4 nitrogen and oxygen atoms in total. The lowest BCUT2D eigenvalue weighted by Gasteiger charge is -2.18. The van der Waals surface area contributed by atoms with Crippen molar-refractivity contribution < 1.29 is 4.79 Å². The molecule has 0 atom stereocenters. The van der Waals surface area contributed by atoms with Crippen LogP contribution in [-0.2, 0) is 11.2 Å². The van der Waals surface area contributed by atoms with Gasteiger partial charge in [-0.2, -0.15) is 5.26 Å². The molecule has 0 heterocycles. The van der Waals surface area contributed by atoms with E-state index in [2.05, 4.69) is 6.07 Å². The summed E-state index contributed by atoms with van der Waals surface area (Å²) in [4.78, 5) is 13.8. The molecule has 0 unspecified atom stereocenters. The number of amides is 1. The molecule has 0 bridgehead atoms. The zero-order valence-corrected chi connectivity index (χ0v) is 11.9. The fourth-order valence-corrected chi connectivity index (χ4v) is 2.10. The number of hydrogen-bond donors (Lipinski definition) is 1. The molecule has 0 fully saturated rings. The largest absolute Gasteiger partial charge is 0.399 e. The quantitative estimate of drug-likeness (QED) is 0.875. The number of nitrogens with zero attached hydrogens (tertiary/aromatic N) is 2. The number of rotatable bonds is 4. The molecule has 0 aliphatic heterocycles. The molecule has 0 aliphatic rings. The van der Waals surface area contributed by atoms with Crippen LogP contribution in [0.25, 0.3) is 0 Å². The van der Waals surface area contributed by atoms with Gasteiger partial charge in [0.05, 0.1) is 11.3 Å². The minimum atomic E-state index is -0.0190. The maximum absolute atomic E-state index is 12.2. The monoisotopic (exact) mass is 279 g/mol. The van der Waals surface area contributed by atoms with Crippen LogP contribution in [0.4, 0.5) is 11.4 Å². The molecule has 0 aromatic heterocycles. The summed E-state index contributed by atoms with van der Waals surface area (Å²) in [5.41, 5.74) is 8.56. The van der Waals surface area contributed by atoms with Crippen molar-refractivity contribution in [3.05, 3.63) is 59.7 Å². The number of hydrogen-bond acceptors (Lipinski definition) is 3. The van der Waals surface area contributed by atoms with E-state index in [0.717, 1.165) is 5.56 Å². The summed E-state index contributed by atoms with van der Waals surface area (Å²) in [5.74, 6) is -0.0190. The summed E-state index contributed by atoms with van der Waals surface area (Å²) in [6.45, 7) is 0. The highest BCUT2D eigenvalue weighted by Crippen LogP contribution is 2.19. The number of anilines is 2. The predicted molar refractivity (Wildman–Crippen MR) is 83.7 cm³/mol. The number of aryl methyl sites for hydroxylation is 1. The van der Waals surface area contributed by atoms with Crippen molar-refractivity contribution in [2.45, 2.75) is 12.8 Å². The molecule has 0 aliphatic carbocycles. The van der Waals surface area contributed by atoms with Crippen LogP contribution in [0.2, 0.25) is 0 Å². The molecule has 2 aromatic rings. The molecule has 0 spiro atoms. The van der Waals surface area contributed by atoms with Crippen LogP contribution in [0, 0.1) is 11.3 Å². The molecule has 2 N–H and O–H groups in total. The van der Waals surface area contributed by atoms with E-state index in [1.807, 2.05) is 30.3 Å². The van der Waals surface area contributed by atoms with Crippen molar-refractivity contribution in [2.75, 3.05) is 17.7 Å². The highest BCUT2D eigenvalue weighted by molar-refractivity contribution is 5.94. The van der Waals surface area contributed by atoms with Gasteiger partial charge in [0.1, 0.15) is 6.07 Å². The third-order valence-electron chi connectivity index (χ3n) is 3.37. The van der Waals surface area contributed by atoms with Gasteiger partial charge in [-0.3, -0.25) is 4.79 Å². The summed E-state index contributed by atoms with van der Waals surface area (Å²) in [6, 6.07) is 16.7. The second-order valence-electron chi connectivity index (χ2n) is 4.82. The topological polar surface area (TPSA) is 70.1 Å². The van der Waals surface area contributed by atoms with Gasteiger partial charge in [-0.1, -0.05) is 24.3 Å². The fourth-order valence-electron chi connectivity index (χ4n) is 2.10. The molecule has 2 aromatic carbocycles. The fraction of sp³-hybridized carbons (Fsp3) is 0.176. The molecule has 2 rings (SSSR count). The molecule has 21 heavy (non-hydrogen) atoms. The molecule has 106 valence electrons. The van der Waals surface area contributed by atoms with E-state index in [4.69, 9.17) is 11.0 Å². The molecular formula is C17H17N3O. The van der Waals surface area contributed by atoms with E-state index in [1.165, 1.54) is 4.90 Å². The van der Waals surface area contributed by atoms with E-state index in [0.29, 0.717) is 29.8 Å². The highest BCUT2D eigenvalue weighted by Gasteiger charge is 2.13. The minimum Gasteiger partial charge on any atom is -0.399 e. The number of carbonyl (C=O) groups excluding carboxylic acids is 1. The molecule has 4 heteroatoms. The Balaban J connectivity index is 2.03. The molecule has 0 saturated carbocycles. The van der Waals surface area contributed by atoms with Crippen molar-refractivity contribution in [3.63, 3.8) is 0 Å². The van der Waals surface area contributed by atoms with E-state index >= 15 is 0 Å². The lowest BCUT2D eigenvalue weighted by atomic mass is 10.1. The van der Waals surface area contributed by atoms with E-state index in [9.17, 15) is 4.79 Å². The smallest absolute Gasteiger partial charge is 0.227 e. The third-order valence-corrected chi connectivity index (χ3v) is 3.37. The van der Waals surface area contributed by atoms with Crippen LogP contribution >= 0.6 is 0 Å². The highest BCUT2D eigenvalue weighted by atomic mass is 16.2. The molecule has 0 radical (unpaired) electrons. The lowest BCUT2D eigenvalue weighted by Crippen LogP contribution is -2.27. The Morgan fingerprint density at radius 1 is 1.19 bits per heavy atom. The Morgan fingerprint density at radius 3 is 2.52 bits per heavy atom. The SMILES string of the molecule is CN(C(=O)CCc1ccc(N)cc1)c1ccccc1C#N. The number of carbonyl (C=O) groups is 1. The van der Waals surface area contributed by atoms with Gasteiger partial charge in [0, 0.05) is 19.2 Å². The summed E-state index contributed by atoms with van der Waals surface area (Å²) >= 11 is 0. The van der Waals surface area contributed by atoms with Crippen LogP contribution in [0.3, 0.4) is 0 Å². The summed E-state index contributed by atoms with van der Waals surface area (Å²) in [5, 5.41) is 9.08. The van der Waals surface area contributed by atoms with Crippen molar-refractivity contribution in [1.29, 1.82) is 5.26 Å². The predicted octanol–water partition coefficient (Wildman–Crippen LogP) is 2.74. The minimum absolute atomic E-state index is 0.0190. The van der Waals surface area contributed by atoms with E-state index in [-0.39, 0.29) is 5.91 Å². The van der Waals surface area contributed by atoms with Gasteiger partial charge in [-0.25, -0.2) is 0 Å². The summed E-state index contributed by atoms with van der Waals surface area (Å²) in [7, 11) is 1.70. The summed E-state index contributed by atoms with van der Waals surface area (Å²) < 4.78 is 0. The maximum atomic E-state index is 12.2. The average molecular weight is 279 g/mol. The first-order chi connectivity index (χ1) is 10.1. The van der Waals surface area contributed by atoms with Gasteiger partial charge < -0.3 is 10.6 Å². The average Bonchev–Trinajstić information content (AvgIpc) is 2.53. The van der Waals surface area contributed by atoms with E-state index < -0.39 is 0 Å². The first kappa shape index (κ1) is 14.6. The van der Waals surface area contributed by atoms with Gasteiger partial charge in [0.25, 0.3) is 0 Å². The summed E-state index contributed by atoms with van der Waals surface area (Å²) in [6.07, 6.45) is 1.04. The normalized spacial score (nSPS) is 9.90. The van der Waals surface area contributed by atoms with Crippen molar-refractivity contribution in [2.24, 2.45) is 0 Å². The zero-order chi connectivity index (χ0) is 15.2. The number of para-hydroxylation sites is 1. The van der Waals surface area contributed by atoms with Gasteiger partial charge in [-0.15, -0.1) is 0 Å². The third kappa shape index (κ3) is 3.61. The molecular weight excluding hydrogens is 262 g/mol. The first-order valence-corrected chi connectivity index (χ1v) is 6.72. The molecule has 1 amide bonds. The van der Waals surface area contributed by atoms with E-state index in [1.54, 1.807) is 25.2 Å². The van der Waals surface area contributed by atoms with Gasteiger partial charge in [0.15, 0.2) is 0 Å². The Bertz CT molecular complexity index is 671. The zero-order valence-electron chi connectivity index (χ0n) is 11.9. The van der Waals surface area contributed by atoms with Crippen LogP contribution in [0.15, 0.2) is 48.5 Å².